The molecule has 0 unspecified atom stereocenters. The molecule has 14 heavy (non-hydrogen) atoms. The van der Waals surface area contributed by atoms with E-state index in [1.54, 1.807) is 0 Å². The Balaban J connectivity index is 2.90. The van der Waals surface area contributed by atoms with Crippen molar-refractivity contribution in [3.05, 3.63) is 11.9 Å². The number of nitriles is 1. The second kappa shape index (κ2) is 4.42. The maximum absolute atomic E-state index is 8.41. The summed E-state index contributed by atoms with van der Waals surface area (Å²) in [5, 5.41) is 11.3. The predicted molar refractivity (Wildman–Crippen MR) is 55.2 cm³/mol. The largest absolute Gasteiger partial charge is 0.363 e. The van der Waals surface area contributed by atoms with Crippen molar-refractivity contribution in [1.29, 1.82) is 5.26 Å². The van der Waals surface area contributed by atoms with Crippen molar-refractivity contribution in [2.75, 3.05) is 30.9 Å². The zero-order chi connectivity index (χ0) is 10.6. The van der Waals surface area contributed by atoms with Gasteiger partial charge in [0.1, 0.15) is 24.0 Å². The van der Waals surface area contributed by atoms with E-state index < -0.39 is 0 Å². The molecule has 0 radical (unpaired) electrons. The number of nitrogens with zero attached hydrogens (tertiary/aromatic N) is 4. The monoisotopic (exact) mass is 191 g/mol. The lowest BCUT2D eigenvalue weighted by molar-refractivity contribution is 0.986. The SMILES string of the molecule is Cc1nc(NCC#N)cc(N(C)C)n1. The van der Waals surface area contributed by atoms with Crippen molar-refractivity contribution in [2.45, 2.75) is 6.92 Å². The van der Waals surface area contributed by atoms with Gasteiger partial charge in [0.15, 0.2) is 0 Å². The fourth-order valence-electron chi connectivity index (χ4n) is 1.00. The molecule has 1 rings (SSSR count). The van der Waals surface area contributed by atoms with Crippen LogP contribution in [0.25, 0.3) is 0 Å². The molecule has 0 atom stereocenters. The second-order valence-corrected chi connectivity index (χ2v) is 3.06. The minimum Gasteiger partial charge on any atom is -0.363 e. The zero-order valence-electron chi connectivity index (χ0n) is 8.57. The summed E-state index contributed by atoms with van der Waals surface area (Å²) in [6.45, 7) is 2.08. The summed E-state index contributed by atoms with van der Waals surface area (Å²) < 4.78 is 0. The first-order valence-corrected chi connectivity index (χ1v) is 4.27. The first-order valence-electron chi connectivity index (χ1n) is 4.27. The van der Waals surface area contributed by atoms with Crippen LogP contribution in [-0.4, -0.2) is 30.6 Å². The van der Waals surface area contributed by atoms with Gasteiger partial charge in [-0.15, -0.1) is 0 Å². The number of anilines is 2. The molecule has 74 valence electrons. The van der Waals surface area contributed by atoms with Crippen LogP contribution in [0.15, 0.2) is 6.07 Å². The van der Waals surface area contributed by atoms with Crippen LogP contribution in [0.2, 0.25) is 0 Å². The molecule has 0 aromatic carbocycles. The maximum atomic E-state index is 8.41. The molecule has 1 N–H and O–H groups in total. The van der Waals surface area contributed by atoms with Crippen molar-refractivity contribution in [2.24, 2.45) is 0 Å². The third-order valence-corrected chi connectivity index (χ3v) is 1.63. The topological polar surface area (TPSA) is 64.8 Å². The van der Waals surface area contributed by atoms with E-state index in [1.165, 1.54) is 0 Å². The lowest BCUT2D eigenvalue weighted by Crippen LogP contribution is -2.13. The Morgan fingerprint density at radius 2 is 2.21 bits per heavy atom. The number of nitrogens with one attached hydrogen (secondary N) is 1. The van der Waals surface area contributed by atoms with Gasteiger partial charge in [-0.3, -0.25) is 0 Å². The van der Waals surface area contributed by atoms with E-state index in [9.17, 15) is 0 Å². The third-order valence-electron chi connectivity index (χ3n) is 1.63. The highest BCUT2D eigenvalue weighted by Crippen LogP contribution is 2.12. The van der Waals surface area contributed by atoms with Crippen molar-refractivity contribution < 1.29 is 0 Å². The molecule has 0 aliphatic rings. The van der Waals surface area contributed by atoms with E-state index in [4.69, 9.17) is 5.26 Å². The molecule has 1 aromatic heterocycles. The minimum atomic E-state index is 0.253. The van der Waals surface area contributed by atoms with E-state index >= 15 is 0 Å². The quantitative estimate of drug-likeness (QED) is 0.715. The summed E-state index contributed by atoms with van der Waals surface area (Å²) in [6.07, 6.45) is 0. The summed E-state index contributed by atoms with van der Waals surface area (Å²) in [7, 11) is 3.83. The van der Waals surface area contributed by atoms with Crippen LogP contribution in [0.3, 0.4) is 0 Å². The first-order chi connectivity index (χ1) is 6.63. The Morgan fingerprint density at radius 1 is 1.50 bits per heavy atom. The number of rotatable bonds is 3. The maximum Gasteiger partial charge on any atom is 0.133 e. The van der Waals surface area contributed by atoms with Gasteiger partial charge in [-0.1, -0.05) is 0 Å². The smallest absolute Gasteiger partial charge is 0.133 e. The third kappa shape index (κ3) is 2.59. The standard InChI is InChI=1S/C9H13N5/c1-7-12-8(11-5-4-10)6-9(13-7)14(2)3/h6H,5H2,1-3H3,(H,11,12,13). The number of hydrogen-bond acceptors (Lipinski definition) is 5. The van der Waals surface area contributed by atoms with Crippen LogP contribution in [0.4, 0.5) is 11.6 Å². The summed E-state index contributed by atoms with van der Waals surface area (Å²) in [6, 6.07) is 3.81. The fourth-order valence-corrected chi connectivity index (χ4v) is 1.00. The highest BCUT2D eigenvalue weighted by Gasteiger charge is 2.02. The first kappa shape index (κ1) is 10.3. The molecule has 1 aromatic rings. The zero-order valence-corrected chi connectivity index (χ0v) is 8.57. The fraction of sp³-hybridized carbons (Fsp3) is 0.444. The lowest BCUT2D eigenvalue weighted by Gasteiger charge is -2.12. The van der Waals surface area contributed by atoms with Gasteiger partial charge in [-0.25, -0.2) is 9.97 Å². The van der Waals surface area contributed by atoms with Crippen molar-refractivity contribution in [3.8, 4) is 6.07 Å². The number of aryl methyl sites for hydroxylation is 1. The molecule has 0 saturated heterocycles. The van der Waals surface area contributed by atoms with Crippen molar-refractivity contribution in [3.63, 3.8) is 0 Å². The Morgan fingerprint density at radius 3 is 2.79 bits per heavy atom. The molecule has 5 heteroatoms. The van der Waals surface area contributed by atoms with E-state index in [-0.39, 0.29) is 6.54 Å². The minimum absolute atomic E-state index is 0.253. The molecular weight excluding hydrogens is 178 g/mol. The van der Waals surface area contributed by atoms with Crippen LogP contribution in [0.5, 0.6) is 0 Å². The molecule has 0 saturated carbocycles. The molecule has 0 aliphatic heterocycles. The van der Waals surface area contributed by atoms with Gasteiger partial charge in [-0.05, 0) is 6.92 Å². The highest BCUT2D eigenvalue weighted by atomic mass is 15.2. The van der Waals surface area contributed by atoms with Crippen LogP contribution in [0.1, 0.15) is 5.82 Å². The summed E-state index contributed by atoms with van der Waals surface area (Å²) >= 11 is 0. The Kier molecular flexibility index (Phi) is 3.24. The summed E-state index contributed by atoms with van der Waals surface area (Å²) in [4.78, 5) is 10.3. The van der Waals surface area contributed by atoms with E-state index in [0.29, 0.717) is 11.6 Å². The van der Waals surface area contributed by atoms with Crippen LogP contribution in [-0.2, 0) is 0 Å². The van der Waals surface area contributed by atoms with E-state index in [1.807, 2.05) is 38.1 Å². The number of hydrogen-bond donors (Lipinski definition) is 1. The second-order valence-electron chi connectivity index (χ2n) is 3.06. The Bertz CT molecular complexity index is 353. The summed E-state index contributed by atoms with van der Waals surface area (Å²) in [5.41, 5.74) is 0. The molecule has 0 amide bonds. The van der Waals surface area contributed by atoms with Crippen molar-refractivity contribution in [1.82, 2.24) is 9.97 Å². The Labute approximate surface area is 83.4 Å². The van der Waals surface area contributed by atoms with Crippen molar-refractivity contribution >= 4 is 11.6 Å². The molecule has 0 fully saturated rings. The van der Waals surface area contributed by atoms with Gasteiger partial charge in [0, 0.05) is 20.2 Å². The van der Waals surface area contributed by atoms with E-state index in [0.717, 1.165) is 5.82 Å². The van der Waals surface area contributed by atoms with Gasteiger partial charge in [0.2, 0.25) is 0 Å². The van der Waals surface area contributed by atoms with Gasteiger partial charge in [-0.2, -0.15) is 5.26 Å². The van der Waals surface area contributed by atoms with Gasteiger partial charge >= 0.3 is 0 Å². The Hall–Kier alpha value is -1.83. The molecule has 0 spiro atoms. The molecule has 1 heterocycles. The van der Waals surface area contributed by atoms with Crippen LogP contribution >= 0.6 is 0 Å². The van der Waals surface area contributed by atoms with Gasteiger partial charge in [0.25, 0.3) is 0 Å². The normalized spacial score (nSPS) is 9.29. The van der Waals surface area contributed by atoms with Crippen LogP contribution in [0, 0.1) is 18.3 Å². The molecular formula is C9H13N5. The number of aromatic nitrogens is 2. The molecule has 0 aliphatic carbocycles. The van der Waals surface area contributed by atoms with Gasteiger partial charge in [0.05, 0.1) is 6.07 Å². The highest BCUT2D eigenvalue weighted by molar-refractivity contribution is 5.48. The lowest BCUT2D eigenvalue weighted by atomic mass is 10.4. The average molecular weight is 191 g/mol. The van der Waals surface area contributed by atoms with Gasteiger partial charge < -0.3 is 10.2 Å². The summed E-state index contributed by atoms with van der Waals surface area (Å²) in [5.74, 6) is 2.21. The predicted octanol–water partition coefficient (Wildman–Crippen LogP) is 0.786. The molecule has 0 bridgehead atoms. The van der Waals surface area contributed by atoms with E-state index in [2.05, 4.69) is 15.3 Å². The average Bonchev–Trinajstić information content (AvgIpc) is 2.14. The van der Waals surface area contributed by atoms with Crippen LogP contribution < -0.4 is 10.2 Å². The molecule has 5 nitrogen and oxygen atoms in total.